The van der Waals surface area contributed by atoms with Crippen molar-refractivity contribution in [1.82, 2.24) is 14.9 Å². The minimum Gasteiger partial charge on any atom is -0.494 e. The molecular weight excluding hydrogens is 414 g/mol. The van der Waals surface area contributed by atoms with Gasteiger partial charge in [0, 0.05) is 0 Å². The number of hydrogen-bond donors (Lipinski definition) is 1. The molecule has 0 fully saturated rings. The van der Waals surface area contributed by atoms with Crippen LogP contribution in [-0.2, 0) is 20.9 Å². The number of amides is 1. The zero-order valence-corrected chi connectivity index (χ0v) is 18.0. The number of nitrogens with one attached hydrogen (secondary N) is 1. The molecule has 1 aromatic heterocycles. The lowest BCUT2D eigenvalue weighted by molar-refractivity contribution is -0.149. The minimum atomic E-state index is -0.707. The monoisotopic (exact) mass is 439 g/mol. The summed E-state index contributed by atoms with van der Waals surface area (Å²) in [6.07, 6.45) is 1.30. The Kier molecular flexibility index (Phi) is 7.80. The van der Waals surface area contributed by atoms with E-state index in [0.717, 1.165) is 15.9 Å². The summed E-state index contributed by atoms with van der Waals surface area (Å²) in [6, 6.07) is 12.4. The fourth-order valence-corrected chi connectivity index (χ4v) is 2.99. The van der Waals surface area contributed by atoms with Gasteiger partial charge in [0.1, 0.15) is 24.7 Å². The molecule has 0 bridgehead atoms. The third kappa shape index (κ3) is 6.07. The predicted molar refractivity (Wildman–Crippen MR) is 118 cm³/mol. The largest absolute Gasteiger partial charge is 0.494 e. The third-order valence-corrected chi connectivity index (χ3v) is 4.55. The molecule has 0 saturated carbocycles. The molecule has 0 aliphatic rings. The lowest BCUT2D eigenvalue weighted by atomic mass is 10.1. The summed E-state index contributed by atoms with van der Waals surface area (Å²) in [6.45, 7) is 4.08. The number of aryl methyl sites for hydroxylation is 1. The lowest BCUT2D eigenvalue weighted by Crippen LogP contribution is -2.33. The Hall–Kier alpha value is -3.88. The molecule has 0 radical (unpaired) electrons. The van der Waals surface area contributed by atoms with E-state index >= 15 is 0 Å². The SMILES string of the molecule is CCOc1ccc(OCCNC(=O)COC(=O)Cn2cnc3c(C)cccc3c2=O)cc1. The Balaban J connectivity index is 1.39. The number of ether oxygens (including phenoxy) is 3. The summed E-state index contributed by atoms with van der Waals surface area (Å²) in [5, 5.41) is 3.02. The summed E-state index contributed by atoms with van der Waals surface area (Å²) < 4.78 is 17.0. The van der Waals surface area contributed by atoms with Gasteiger partial charge in [0.25, 0.3) is 11.5 Å². The van der Waals surface area contributed by atoms with Crippen molar-refractivity contribution in [1.29, 1.82) is 0 Å². The zero-order chi connectivity index (χ0) is 22.9. The normalized spacial score (nSPS) is 10.6. The van der Waals surface area contributed by atoms with Gasteiger partial charge in [-0.1, -0.05) is 12.1 Å². The second kappa shape index (κ2) is 10.9. The average molecular weight is 439 g/mol. The predicted octanol–water partition coefficient (Wildman–Crippen LogP) is 1.84. The van der Waals surface area contributed by atoms with Crippen LogP contribution >= 0.6 is 0 Å². The molecule has 1 N–H and O–H groups in total. The van der Waals surface area contributed by atoms with Gasteiger partial charge in [-0.15, -0.1) is 0 Å². The molecule has 168 valence electrons. The molecule has 9 heteroatoms. The molecule has 32 heavy (non-hydrogen) atoms. The first kappa shape index (κ1) is 22.8. The number of aromatic nitrogens is 2. The van der Waals surface area contributed by atoms with Crippen LogP contribution in [0.3, 0.4) is 0 Å². The van der Waals surface area contributed by atoms with Crippen molar-refractivity contribution in [3.63, 3.8) is 0 Å². The number of para-hydroxylation sites is 1. The molecule has 0 unspecified atom stereocenters. The molecule has 3 aromatic rings. The van der Waals surface area contributed by atoms with E-state index in [4.69, 9.17) is 14.2 Å². The van der Waals surface area contributed by atoms with Gasteiger partial charge in [-0.2, -0.15) is 0 Å². The van der Waals surface area contributed by atoms with Crippen LogP contribution in [0, 0.1) is 6.92 Å². The van der Waals surface area contributed by atoms with Crippen LogP contribution in [-0.4, -0.2) is 47.8 Å². The molecule has 2 aromatic carbocycles. The molecule has 0 aliphatic carbocycles. The Morgan fingerprint density at radius 3 is 2.50 bits per heavy atom. The van der Waals surface area contributed by atoms with Crippen LogP contribution in [0.4, 0.5) is 0 Å². The van der Waals surface area contributed by atoms with Gasteiger partial charge in [-0.25, -0.2) is 4.98 Å². The summed E-state index contributed by atoms with van der Waals surface area (Å²) in [5.74, 6) is 0.237. The summed E-state index contributed by atoms with van der Waals surface area (Å²) in [7, 11) is 0. The molecule has 3 rings (SSSR count). The Labute approximate surface area is 184 Å². The Morgan fingerprint density at radius 1 is 1.06 bits per heavy atom. The number of carbonyl (C=O) groups is 2. The quantitative estimate of drug-likeness (QED) is 0.379. The van der Waals surface area contributed by atoms with Gasteiger partial charge in [0.15, 0.2) is 6.61 Å². The van der Waals surface area contributed by atoms with Crippen LogP contribution in [0.2, 0.25) is 0 Å². The second-order valence-electron chi connectivity index (χ2n) is 6.91. The highest BCUT2D eigenvalue weighted by Crippen LogP contribution is 2.17. The first-order valence-corrected chi connectivity index (χ1v) is 10.2. The van der Waals surface area contributed by atoms with E-state index in [2.05, 4.69) is 10.3 Å². The van der Waals surface area contributed by atoms with E-state index in [-0.39, 0.29) is 25.3 Å². The molecule has 9 nitrogen and oxygen atoms in total. The molecule has 1 heterocycles. The molecule has 0 atom stereocenters. The van der Waals surface area contributed by atoms with Crippen molar-refractivity contribution in [2.75, 3.05) is 26.4 Å². The van der Waals surface area contributed by atoms with Crippen LogP contribution in [0.25, 0.3) is 10.9 Å². The molecule has 1 amide bonds. The maximum Gasteiger partial charge on any atom is 0.326 e. The van der Waals surface area contributed by atoms with Crippen LogP contribution in [0.1, 0.15) is 12.5 Å². The Morgan fingerprint density at radius 2 is 1.78 bits per heavy atom. The van der Waals surface area contributed by atoms with Crippen molar-refractivity contribution >= 4 is 22.8 Å². The number of carbonyl (C=O) groups excluding carboxylic acids is 2. The second-order valence-corrected chi connectivity index (χ2v) is 6.91. The first-order valence-electron chi connectivity index (χ1n) is 10.2. The fourth-order valence-electron chi connectivity index (χ4n) is 2.99. The zero-order valence-electron chi connectivity index (χ0n) is 18.0. The minimum absolute atomic E-state index is 0.247. The average Bonchev–Trinajstić information content (AvgIpc) is 2.79. The maximum absolute atomic E-state index is 12.5. The van der Waals surface area contributed by atoms with Gasteiger partial charge in [0.2, 0.25) is 0 Å². The van der Waals surface area contributed by atoms with Gasteiger partial charge >= 0.3 is 5.97 Å². The number of rotatable bonds is 10. The molecular formula is C23H25N3O6. The number of fused-ring (bicyclic) bond motifs is 1. The van der Waals surface area contributed by atoms with Crippen molar-refractivity contribution in [3.05, 3.63) is 64.7 Å². The number of nitrogens with zero attached hydrogens (tertiary/aromatic N) is 2. The number of benzene rings is 2. The van der Waals surface area contributed by atoms with E-state index < -0.39 is 18.5 Å². The topological polar surface area (TPSA) is 109 Å². The highest BCUT2D eigenvalue weighted by molar-refractivity contribution is 5.82. The number of esters is 1. The van der Waals surface area contributed by atoms with Gasteiger partial charge in [-0.05, 0) is 49.7 Å². The smallest absolute Gasteiger partial charge is 0.326 e. The molecule has 0 saturated heterocycles. The van der Waals surface area contributed by atoms with Crippen molar-refractivity contribution in [3.8, 4) is 11.5 Å². The van der Waals surface area contributed by atoms with Gasteiger partial charge < -0.3 is 19.5 Å². The summed E-state index contributed by atoms with van der Waals surface area (Å²) in [5.41, 5.74) is 1.12. The van der Waals surface area contributed by atoms with Crippen LogP contribution < -0.4 is 20.3 Å². The van der Waals surface area contributed by atoms with Gasteiger partial charge in [0.05, 0.1) is 30.4 Å². The first-order chi connectivity index (χ1) is 15.5. The Bertz CT molecular complexity index is 1140. The molecule has 0 spiro atoms. The van der Waals surface area contributed by atoms with E-state index in [1.807, 2.05) is 19.9 Å². The highest BCUT2D eigenvalue weighted by Gasteiger charge is 2.12. The van der Waals surface area contributed by atoms with Gasteiger partial charge in [-0.3, -0.25) is 19.0 Å². The summed E-state index contributed by atoms with van der Waals surface area (Å²) in [4.78, 5) is 40.6. The van der Waals surface area contributed by atoms with Crippen LogP contribution in [0.5, 0.6) is 11.5 Å². The summed E-state index contributed by atoms with van der Waals surface area (Å²) >= 11 is 0. The van der Waals surface area contributed by atoms with Crippen molar-refractivity contribution < 1.29 is 23.8 Å². The van der Waals surface area contributed by atoms with E-state index in [0.29, 0.717) is 23.3 Å². The standard InChI is InChI=1S/C23H25N3O6/c1-3-30-17-7-9-18(10-8-17)31-12-11-24-20(27)14-32-21(28)13-26-15-25-22-16(2)5-4-6-19(22)23(26)29/h4-10,15H,3,11-14H2,1-2H3,(H,24,27). The highest BCUT2D eigenvalue weighted by atomic mass is 16.5. The van der Waals surface area contributed by atoms with E-state index in [9.17, 15) is 14.4 Å². The third-order valence-electron chi connectivity index (χ3n) is 4.55. The number of hydrogen-bond acceptors (Lipinski definition) is 7. The van der Waals surface area contributed by atoms with Crippen molar-refractivity contribution in [2.24, 2.45) is 0 Å². The van der Waals surface area contributed by atoms with E-state index in [1.165, 1.54) is 6.33 Å². The fraction of sp³-hybridized carbons (Fsp3) is 0.304. The maximum atomic E-state index is 12.5. The van der Waals surface area contributed by atoms with Crippen LogP contribution in [0.15, 0.2) is 53.6 Å². The van der Waals surface area contributed by atoms with Crippen molar-refractivity contribution in [2.45, 2.75) is 20.4 Å². The molecule has 0 aliphatic heterocycles. The van der Waals surface area contributed by atoms with E-state index in [1.54, 1.807) is 36.4 Å². The lowest BCUT2D eigenvalue weighted by Gasteiger charge is -2.10.